The van der Waals surface area contributed by atoms with E-state index in [0.717, 1.165) is 0 Å². The van der Waals surface area contributed by atoms with Gasteiger partial charge in [0.15, 0.2) is 11.5 Å². The summed E-state index contributed by atoms with van der Waals surface area (Å²) in [6, 6.07) is 5.01. The van der Waals surface area contributed by atoms with Crippen LogP contribution in [0.4, 0.5) is 0 Å². The normalized spacial score (nSPS) is 11.6. The Morgan fingerprint density at radius 1 is 1.19 bits per heavy atom. The van der Waals surface area contributed by atoms with Gasteiger partial charge in [0.05, 0.1) is 27.9 Å². The number of benzene rings is 1. The molecule has 0 spiro atoms. The highest BCUT2D eigenvalue weighted by Gasteiger charge is 2.19. The summed E-state index contributed by atoms with van der Waals surface area (Å²) in [5, 5.41) is 3.06. The first-order valence-electron chi connectivity index (χ1n) is 6.82. The Labute approximate surface area is 125 Å². The highest BCUT2D eigenvalue weighted by atomic mass is 16.5. The quantitative estimate of drug-likeness (QED) is 0.699. The lowest BCUT2D eigenvalue weighted by atomic mass is 10.2. The molecule has 0 aliphatic carbocycles. The van der Waals surface area contributed by atoms with Gasteiger partial charge >= 0.3 is 5.97 Å². The van der Waals surface area contributed by atoms with Gasteiger partial charge in [-0.15, -0.1) is 0 Å². The maximum absolute atomic E-state index is 11.6. The van der Waals surface area contributed by atoms with Crippen molar-refractivity contribution in [2.45, 2.75) is 19.4 Å². The van der Waals surface area contributed by atoms with Crippen molar-refractivity contribution < 1.29 is 23.7 Å². The average Bonchev–Trinajstić information content (AvgIpc) is 2.53. The maximum Gasteiger partial charge on any atom is 0.322 e. The lowest BCUT2D eigenvalue weighted by Gasteiger charge is -2.17. The molecule has 1 unspecified atom stereocenters. The van der Waals surface area contributed by atoms with Crippen LogP contribution >= 0.6 is 0 Å². The molecule has 6 heteroatoms. The first-order chi connectivity index (χ1) is 10.2. The van der Waals surface area contributed by atoms with E-state index in [1.807, 2.05) is 13.0 Å². The fourth-order valence-corrected chi connectivity index (χ4v) is 1.93. The van der Waals surface area contributed by atoms with Gasteiger partial charge in [0.25, 0.3) is 0 Å². The van der Waals surface area contributed by atoms with Crippen molar-refractivity contribution in [1.29, 1.82) is 0 Å². The largest absolute Gasteiger partial charge is 0.493 e. The highest BCUT2D eigenvalue weighted by Crippen LogP contribution is 2.36. The van der Waals surface area contributed by atoms with Gasteiger partial charge in [-0.1, -0.05) is 13.0 Å². The maximum atomic E-state index is 11.6. The fourth-order valence-electron chi connectivity index (χ4n) is 1.93. The zero-order valence-electron chi connectivity index (χ0n) is 13.0. The summed E-state index contributed by atoms with van der Waals surface area (Å²) in [7, 11) is 4.51. The molecule has 0 bridgehead atoms. The van der Waals surface area contributed by atoms with E-state index in [1.54, 1.807) is 26.4 Å². The summed E-state index contributed by atoms with van der Waals surface area (Å²) in [6.45, 7) is 2.95. The van der Waals surface area contributed by atoms with Crippen LogP contribution in [0.2, 0.25) is 0 Å². The van der Waals surface area contributed by atoms with Crippen LogP contribution in [0.25, 0.3) is 0 Å². The molecule has 1 rings (SSSR count). The van der Waals surface area contributed by atoms with Crippen molar-refractivity contribution in [2.24, 2.45) is 0 Å². The van der Waals surface area contributed by atoms with Gasteiger partial charge in [-0.2, -0.15) is 0 Å². The predicted molar refractivity (Wildman–Crippen MR) is 79.1 cm³/mol. The second kappa shape index (κ2) is 9.07. The monoisotopic (exact) mass is 297 g/mol. The molecule has 1 atom stereocenters. The number of para-hydroxylation sites is 1. The number of carbonyl (C=O) groups is 1. The topological polar surface area (TPSA) is 66.0 Å². The number of hydrogen-bond donors (Lipinski definition) is 1. The van der Waals surface area contributed by atoms with Crippen LogP contribution in [0, 0.1) is 0 Å². The second-order valence-electron chi connectivity index (χ2n) is 4.26. The number of carbonyl (C=O) groups excluding carboxylic acids is 1. The number of nitrogens with one attached hydrogen (secondary N) is 1. The van der Waals surface area contributed by atoms with Gasteiger partial charge in [0, 0.05) is 6.42 Å². The molecular formula is C15H23NO5. The molecular weight excluding hydrogens is 274 g/mol. The molecule has 0 saturated heterocycles. The summed E-state index contributed by atoms with van der Waals surface area (Å²) < 4.78 is 21.0. The van der Waals surface area contributed by atoms with E-state index in [0.29, 0.717) is 36.8 Å². The fraction of sp³-hybridized carbons (Fsp3) is 0.533. The third kappa shape index (κ3) is 4.82. The van der Waals surface area contributed by atoms with Crippen molar-refractivity contribution in [1.82, 2.24) is 5.32 Å². The molecule has 1 aromatic carbocycles. The molecule has 0 saturated carbocycles. The molecule has 0 aromatic heterocycles. The molecule has 1 aromatic rings. The standard InChI is InChI=1S/C15H23NO5/c1-5-16-11(15(17)20-4)9-10-21-14-12(18-2)7-6-8-13(14)19-3/h6-8,11,16H,5,9-10H2,1-4H3. The van der Waals surface area contributed by atoms with Crippen LogP contribution in [0.1, 0.15) is 13.3 Å². The van der Waals surface area contributed by atoms with Crippen molar-refractivity contribution in [3.63, 3.8) is 0 Å². The number of methoxy groups -OCH3 is 3. The van der Waals surface area contributed by atoms with Crippen molar-refractivity contribution >= 4 is 5.97 Å². The molecule has 0 aliphatic heterocycles. The van der Waals surface area contributed by atoms with Crippen LogP contribution in [0.5, 0.6) is 17.2 Å². The van der Waals surface area contributed by atoms with E-state index >= 15 is 0 Å². The Morgan fingerprint density at radius 2 is 1.81 bits per heavy atom. The van der Waals surface area contributed by atoms with Crippen molar-refractivity contribution in [3.8, 4) is 17.2 Å². The molecule has 0 aliphatic rings. The summed E-state index contributed by atoms with van der Waals surface area (Å²) in [5.41, 5.74) is 0. The first kappa shape index (κ1) is 17.1. The Balaban J connectivity index is 2.68. The molecule has 0 heterocycles. The van der Waals surface area contributed by atoms with Gasteiger partial charge in [-0.3, -0.25) is 4.79 Å². The molecule has 21 heavy (non-hydrogen) atoms. The Hall–Kier alpha value is -1.95. The third-order valence-corrected chi connectivity index (χ3v) is 2.97. The lowest BCUT2D eigenvalue weighted by molar-refractivity contribution is -0.143. The molecule has 0 radical (unpaired) electrons. The van der Waals surface area contributed by atoms with Gasteiger partial charge in [-0.25, -0.2) is 0 Å². The van der Waals surface area contributed by atoms with Crippen LogP contribution in [0.15, 0.2) is 18.2 Å². The third-order valence-electron chi connectivity index (χ3n) is 2.97. The molecule has 0 fully saturated rings. The SMILES string of the molecule is CCNC(CCOc1c(OC)cccc1OC)C(=O)OC. The number of esters is 1. The first-order valence-corrected chi connectivity index (χ1v) is 6.82. The summed E-state index contributed by atoms with van der Waals surface area (Å²) >= 11 is 0. The summed E-state index contributed by atoms with van der Waals surface area (Å²) in [4.78, 5) is 11.6. The number of likely N-dealkylation sites (N-methyl/N-ethyl adjacent to an activating group) is 1. The zero-order chi connectivity index (χ0) is 15.7. The van der Waals surface area contributed by atoms with E-state index in [1.165, 1.54) is 7.11 Å². The average molecular weight is 297 g/mol. The van der Waals surface area contributed by atoms with Crippen molar-refractivity contribution in [2.75, 3.05) is 34.5 Å². The Bertz CT molecular complexity index is 427. The summed E-state index contributed by atoms with van der Waals surface area (Å²) in [5.74, 6) is 1.41. The van der Waals surface area contributed by atoms with Gasteiger partial charge in [-0.05, 0) is 18.7 Å². The van der Waals surface area contributed by atoms with Gasteiger partial charge in [0.1, 0.15) is 6.04 Å². The zero-order valence-corrected chi connectivity index (χ0v) is 13.0. The van der Waals surface area contributed by atoms with Crippen LogP contribution in [0.3, 0.4) is 0 Å². The minimum atomic E-state index is -0.388. The predicted octanol–water partition coefficient (Wildman–Crippen LogP) is 1.62. The van der Waals surface area contributed by atoms with Crippen LogP contribution in [-0.2, 0) is 9.53 Å². The van der Waals surface area contributed by atoms with E-state index in [2.05, 4.69) is 5.32 Å². The molecule has 118 valence electrons. The minimum absolute atomic E-state index is 0.299. The van der Waals surface area contributed by atoms with E-state index in [-0.39, 0.29) is 12.0 Å². The second-order valence-corrected chi connectivity index (χ2v) is 4.26. The van der Waals surface area contributed by atoms with Gasteiger partial charge in [0.2, 0.25) is 5.75 Å². The molecule has 1 N–H and O–H groups in total. The Morgan fingerprint density at radius 3 is 2.29 bits per heavy atom. The number of ether oxygens (including phenoxy) is 4. The smallest absolute Gasteiger partial charge is 0.322 e. The highest BCUT2D eigenvalue weighted by molar-refractivity contribution is 5.75. The van der Waals surface area contributed by atoms with E-state index in [9.17, 15) is 4.79 Å². The number of rotatable bonds is 9. The minimum Gasteiger partial charge on any atom is -0.493 e. The van der Waals surface area contributed by atoms with E-state index in [4.69, 9.17) is 18.9 Å². The molecule has 0 amide bonds. The van der Waals surface area contributed by atoms with E-state index < -0.39 is 0 Å². The van der Waals surface area contributed by atoms with Gasteiger partial charge < -0.3 is 24.3 Å². The lowest BCUT2D eigenvalue weighted by Crippen LogP contribution is -2.38. The van der Waals surface area contributed by atoms with Crippen LogP contribution in [-0.4, -0.2) is 46.5 Å². The van der Waals surface area contributed by atoms with Crippen LogP contribution < -0.4 is 19.5 Å². The van der Waals surface area contributed by atoms with Crippen molar-refractivity contribution in [3.05, 3.63) is 18.2 Å². The number of hydrogen-bond acceptors (Lipinski definition) is 6. The molecule has 6 nitrogen and oxygen atoms in total. The Kier molecular flexibility index (Phi) is 7.39. The summed E-state index contributed by atoms with van der Waals surface area (Å²) in [6.07, 6.45) is 0.488.